The minimum absolute atomic E-state index is 0.137. The number of hydrazine groups is 1. The third kappa shape index (κ3) is 3.64. The number of hydrogen-bond donors (Lipinski definition) is 2. The maximum absolute atomic E-state index is 12.2. The maximum atomic E-state index is 12.2. The molecule has 6 heteroatoms. The van der Waals surface area contributed by atoms with E-state index in [1.807, 2.05) is 0 Å². The Bertz CT molecular complexity index is 510. The molecule has 1 fully saturated rings. The molecule has 2 amide bonds. The van der Waals surface area contributed by atoms with Crippen molar-refractivity contribution in [1.29, 1.82) is 0 Å². The highest BCUT2D eigenvalue weighted by Gasteiger charge is 2.26. The van der Waals surface area contributed by atoms with Crippen molar-refractivity contribution < 1.29 is 14.0 Å². The Kier molecular flexibility index (Phi) is 5.01. The molecule has 21 heavy (non-hydrogen) atoms. The second-order valence-electron chi connectivity index (χ2n) is 5.90. The SMILES string of the molecule is CC(C)C1CCC(=O)N(Cc2ccoc2C(=O)NN)CC1. The highest BCUT2D eigenvalue weighted by atomic mass is 16.3. The van der Waals surface area contributed by atoms with Gasteiger partial charge >= 0.3 is 5.91 Å². The number of nitrogens with two attached hydrogens (primary N) is 1. The second kappa shape index (κ2) is 6.76. The Morgan fingerprint density at radius 2 is 2.29 bits per heavy atom. The number of nitrogen functional groups attached to an aromatic ring is 1. The van der Waals surface area contributed by atoms with Crippen LogP contribution in [-0.4, -0.2) is 23.3 Å². The lowest BCUT2D eigenvalue weighted by atomic mass is 9.89. The summed E-state index contributed by atoms with van der Waals surface area (Å²) in [5.74, 6) is 6.13. The molecule has 6 nitrogen and oxygen atoms in total. The quantitative estimate of drug-likeness (QED) is 0.502. The van der Waals surface area contributed by atoms with Gasteiger partial charge in [0.15, 0.2) is 5.76 Å². The molecular formula is C15H23N3O3. The zero-order valence-corrected chi connectivity index (χ0v) is 12.6. The molecule has 2 rings (SSSR count). The van der Waals surface area contributed by atoms with Crippen LogP contribution in [-0.2, 0) is 11.3 Å². The van der Waals surface area contributed by atoms with Crippen molar-refractivity contribution in [3.63, 3.8) is 0 Å². The molecule has 0 aromatic carbocycles. The number of furan rings is 1. The van der Waals surface area contributed by atoms with E-state index < -0.39 is 5.91 Å². The largest absolute Gasteiger partial charge is 0.459 e. The lowest BCUT2D eigenvalue weighted by Crippen LogP contribution is -2.33. The number of rotatable bonds is 4. The molecule has 1 saturated heterocycles. The average Bonchev–Trinajstić information content (AvgIpc) is 2.84. The standard InChI is InChI=1S/C15H23N3O3/c1-10(2)11-3-4-13(19)18(7-5-11)9-12-6-8-21-14(12)15(20)17-16/h6,8,10-11H,3-5,7,9,16H2,1-2H3,(H,17,20). The van der Waals surface area contributed by atoms with Crippen LogP contribution in [0, 0.1) is 11.8 Å². The zero-order valence-electron chi connectivity index (χ0n) is 12.6. The van der Waals surface area contributed by atoms with Crippen LogP contribution in [0.5, 0.6) is 0 Å². The predicted octanol–water partition coefficient (Wildman–Crippen LogP) is 1.67. The van der Waals surface area contributed by atoms with Crippen molar-refractivity contribution in [1.82, 2.24) is 10.3 Å². The van der Waals surface area contributed by atoms with Crippen LogP contribution >= 0.6 is 0 Å². The predicted molar refractivity (Wildman–Crippen MR) is 78.0 cm³/mol. The molecule has 0 radical (unpaired) electrons. The zero-order chi connectivity index (χ0) is 15.4. The van der Waals surface area contributed by atoms with E-state index in [1.165, 1.54) is 6.26 Å². The van der Waals surface area contributed by atoms with E-state index in [0.717, 1.165) is 19.4 Å². The van der Waals surface area contributed by atoms with Gasteiger partial charge in [0.2, 0.25) is 5.91 Å². The minimum Gasteiger partial charge on any atom is -0.459 e. The van der Waals surface area contributed by atoms with Crippen molar-refractivity contribution in [2.75, 3.05) is 6.54 Å². The van der Waals surface area contributed by atoms with Crippen LogP contribution in [0.15, 0.2) is 16.7 Å². The van der Waals surface area contributed by atoms with E-state index in [9.17, 15) is 9.59 Å². The van der Waals surface area contributed by atoms with Gasteiger partial charge < -0.3 is 9.32 Å². The first kappa shape index (κ1) is 15.6. The van der Waals surface area contributed by atoms with E-state index >= 15 is 0 Å². The fourth-order valence-electron chi connectivity index (χ4n) is 2.82. The lowest BCUT2D eigenvalue weighted by molar-refractivity contribution is -0.131. The van der Waals surface area contributed by atoms with Crippen molar-refractivity contribution in [3.8, 4) is 0 Å². The first-order valence-corrected chi connectivity index (χ1v) is 7.38. The Labute approximate surface area is 124 Å². The number of likely N-dealkylation sites (tertiary alicyclic amines) is 1. The smallest absolute Gasteiger partial charge is 0.301 e. The molecule has 0 saturated carbocycles. The van der Waals surface area contributed by atoms with Gasteiger partial charge in [-0.15, -0.1) is 0 Å². The minimum atomic E-state index is -0.475. The summed E-state index contributed by atoms with van der Waals surface area (Å²) >= 11 is 0. The molecule has 0 bridgehead atoms. The molecule has 3 N–H and O–H groups in total. The maximum Gasteiger partial charge on any atom is 0.301 e. The van der Waals surface area contributed by atoms with E-state index in [1.54, 1.807) is 11.0 Å². The third-order valence-corrected chi connectivity index (χ3v) is 4.24. The van der Waals surface area contributed by atoms with E-state index in [2.05, 4.69) is 19.3 Å². The van der Waals surface area contributed by atoms with E-state index in [-0.39, 0.29) is 11.7 Å². The van der Waals surface area contributed by atoms with Gasteiger partial charge in [0.25, 0.3) is 0 Å². The van der Waals surface area contributed by atoms with Gasteiger partial charge in [-0.05, 0) is 30.7 Å². The monoisotopic (exact) mass is 293 g/mol. The summed E-state index contributed by atoms with van der Waals surface area (Å²) in [5, 5.41) is 0. The van der Waals surface area contributed by atoms with Crippen LogP contribution in [0.25, 0.3) is 0 Å². The van der Waals surface area contributed by atoms with Crippen molar-refractivity contribution >= 4 is 11.8 Å². The molecule has 1 aromatic heterocycles. The second-order valence-corrected chi connectivity index (χ2v) is 5.90. The van der Waals surface area contributed by atoms with Gasteiger partial charge in [-0.25, -0.2) is 5.84 Å². The van der Waals surface area contributed by atoms with Crippen LogP contribution in [0.2, 0.25) is 0 Å². The van der Waals surface area contributed by atoms with Crippen LogP contribution in [0.1, 0.15) is 49.2 Å². The number of amides is 2. The first-order valence-electron chi connectivity index (χ1n) is 7.38. The van der Waals surface area contributed by atoms with E-state index in [4.69, 9.17) is 10.3 Å². The van der Waals surface area contributed by atoms with Crippen LogP contribution in [0.3, 0.4) is 0 Å². The van der Waals surface area contributed by atoms with Gasteiger partial charge in [0.05, 0.1) is 6.26 Å². The highest BCUT2D eigenvalue weighted by molar-refractivity contribution is 5.92. The normalized spacial score (nSPS) is 19.7. The van der Waals surface area contributed by atoms with Crippen molar-refractivity contribution in [2.24, 2.45) is 17.7 Å². The number of carbonyl (C=O) groups excluding carboxylic acids is 2. The average molecular weight is 293 g/mol. The Morgan fingerprint density at radius 1 is 1.52 bits per heavy atom. The summed E-state index contributed by atoms with van der Waals surface area (Å²) in [6.07, 6.45) is 3.95. The molecule has 2 heterocycles. The van der Waals surface area contributed by atoms with Gasteiger partial charge in [-0.3, -0.25) is 15.0 Å². The number of nitrogens with one attached hydrogen (secondary N) is 1. The molecule has 1 unspecified atom stereocenters. The fraction of sp³-hybridized carbons (Fsp3) is 0.600. The Hall–Kier alpha value is -1.82. The Morgan fingerprint density at radius 3 is 2.95 bits per heavy atom. The van der Waals surface area contributed by atoms with Crippen molar-refractivity contribution in [3.05, 3.63) is 23.7 Å². The van der Waals surface area contributed by atoms with Gasteiger partial charge in [-0.2, -0.15) is 0 Å². The van der Waals surface area contributed by atoms with Crippen LogP contribution in [0.4, 0.5) is 0 Å². The van der Waals surface area contributed by atoms with Gasteiger partial charge in [0.1, 0.15) is 0 Å². The summed E-state index contributed by atoms with van der Waals surface area (Å²) < 4.78 is 5.15. The molecule has 1 aliphatic rings. The van der Waals surface area contributed by atoms with Crippen molar-refractivity contribution in [2.45, 2.75) is 39.7 Å². The van der Waals surface area contributed by atoms with Crippen LogP contribution < -0.4 is 11.3 Å². The topological polar surface area (TPSA) is 88.6 Å². The summed E-state index contributed by atoms with van der Waals surface area (Å²) in [5.41, 5.74) is 2.74. The summed E-state index contributed by atoms with van der Waals surface area (Å²) in [4.78, 5) is 25.6. The third-order valence-electron chi connectivity index (χ3n) is 4.24. The molecule has 1 aromatic rings. The number of nitrogens with zero attached hydrogens (tertiary/aromatic N) is 1. The number of carbonyl (C=O) groups is 2. The summed E-state index contributed by atoms with van der Waals surface area (Å²) in [7, 11) is 0. The molecule has 0 spiro atoms. The van der Waals surface area contributed by atoms with Gasteiger partial charge in [0, 0.05) is 25.1 Å². The molecule has 1 aliphatic heterocycles. The van der Waals surface area contributed by atoms with Gasteiger partial charge in [-0.1, -0.05) is 13.8 Å². The summed E-state index contributed by atoms with van der Waals surface area (Å²) in [6, 6.07) is 1.71. The Balaban J connectivity index is 2.07. The summed E-state index contributed by atoms with van der Waals surface area (Å²) in [6.45, 7) is 5.51. The molecule has 0 aliphatic carbocycles. The highest BCUT2D eigenvalue weighted by Crippen LogP contribution is 2.26. The molecular weight excluding hydrogens is 270 g/mol. The number of hydrogen-bond acceptors (Lipinski definition) is 4. The lowest BCUT2D eigenvalue weighted by Gasteiger charge is -2.21. The van der Waals surface area contributed by atoms with E-state index in [0.29, 0.717) is 30.4 Å². The molecule has 1 atom stereocenters. The fourth-order valence-corrected chi connectivity index (χ4v) is 2.82. The molecule has 116 valence electrons. The first-order chi connectivity index (χ1) is 10.0.